The number of para-hydroxylation sites is 1. The molecule has 1 aliphatic heterocycles. The van der Waals surface area contributed by atoms with E-state index < -0.39 is 0 Å². The van der Waals surface area contributed by atoms with Gasteiger partial charge in [-0.25, -0.2) is 0 Å². The summed E-state index contributed by atoms with van der Waals surface area (Å²) in [6.45, 7) is 2.76. The van der Waals surface area contributed by atoms with Gasteiger partial charge in [0.1, 0.15) is 0 Å². The highest BCUT2D eigenvalue weighted by Crippen LogP contribution is 2.26. The number of carbonyl (C=O) groups excluding carboxylic acids is 1. The maximum atomic E-state index is 12.6. The number of aromatic amines is 1. The smallest absolute Gasteiger partial charge is 0.275 e. The van der Waals surface area contributed by atoms with Crippen LogP contribution < -0.4 is 0 Å². The zero-order valence-electron chi connectivity index (χ0n) is 10.8. The number of rotatable bonds is 2. The molecule has 100 valence electrons. The van der Waals surface area contributed by atoms with E-state index in [2.05, 4.69) is 17.1 Å². The Hall–Kier alpha value is -1.88. The molecule has 0 saturated carbocycles. The summed E-state index contributed by atoms with van der Waals surface area (Å²) in [4.78, 5) is 14.3. The fourth-order valence-corrected chi connectivity index (χ4v) is 2.80. The van der Waals surface area contributed by atoms with E-state index >= 15 is 0 Å². The second-order valence-electron chi connectivity index (χ2n) is 5.13. The van der Waals surface area contributed by atoms with Gasteiger partial charge >= 0.3 is 0 Å². The van der Waals surface area contributed by atoms with Gasteiger partial charge in [0.15, 0.2) is 5.69 Å². The van der Waals surface area contributed by atoms with Gasteiger partial charge < -0.3 is 10.0 Å². The van der Waals surface area contributed by atoms with Gasteiger partial charge in [-0.1, -0.05) is 25.1 Å². The first-order valence-corrected chi connectivity index (χ1v) is 6.57. The van der Waals surface area contributed by atoms with Crippen molar-refractivity contribution in [2.45, 2.75) is 19.4 Å². The molecule has 1 amide bonds. The summed E-state index contributed by atoms with van der Waals surface area (Å²) >= 11 is 0. The van der Waals surface area contributed by atoms with E-state index in [4.69, 9.17) is 0 Å². The molecule has 0 aliphatic carbocycles. The molecule has 5 nitrogen and oxygen atoms in total. The molecule has 0 radical (unpaired) electrons. The third kappa shape index (κ3) is 1.90. The van der Waals surface area contributed by atoms with Gasteiger partial charge in [0.05, 0.1) is 18.2 Å². The first-order valence-electron chi connectivity index (χ1n) is 6.57. The SMILES string of the molecule is CC1CCN(C(=O)c2n[nH]c3ccccc23)C1CO. The number of nitrogens with one attached hydrogen (secondary N) is 1. The number of hydrogen-bond acceptors (Lipinski definition) is 3. The van der Waals surface area contributed by atoms with Crippen molar-refractivity contribution in [3.05, 3.63) is 30.0 Å². The summed E-state index contributed by atoms with van der Waals surface area (Å²) < 4.78 is 0. The molecule has 19 heavy (non-hydrogen) atoms. The van der Waals surface area contributed by atoms with E-state index in [1.54, 1.807) is 4.90 Å². The molecule has 2 unspecified atom stereocenters. The molecule has 2 aromatic rings. The van der Waals surface area contributed by atoms with Gasteiger partial charge in [-0.05, 0) is 18.4 Å². The molecule has 1 aromatic carbocycles. The predicted molar refractivity (Wildman–Crippen MR) is 71.8 cm³/mol. The van der Waals surface area contributed by atoms with E-state index in [1.807, 2.05) is 24.3 Å². The summed E-state index contributed by atoms with van der Waals surface area (Å²) in [5.74, 6) is 0.236. The van der Waals surface area contributed by atoms with Crippen molar-refractivity contribution in [2.24, 2.45) is 5.92 Å². The van der Waals surface area contributed by atoms with Gasteiger partial charge in [0.2, 0.25) is 0 Å². The number of aliphatic hydroxyl groups excluding tert-OH is 1. The minimum atomic E-state index is -0.0964. The van der Waals surface area contributed by atoms with E-state index in [0.717, 1.165) is 17.3 Å². The maximum Gasteiger partial charge on any atom is 0.275 e. The van der Waals surface area contributed by atoms with E-state index in [0.29, 0.717) is 18.2 Å². The Balaban J connectivity index is 1.96. The monoisotopic (exact) mass is 259 g/mol. The lowest BCUT2D eigenvalue weighted by Crippen LogP contribution is -2.40. The molecule has 2 N–H and O–H groups in total. The van der Waals surface area contributed by atoms with Gasteiger partial charge in [-0.3, -0.25) is 9.89 Å². The minimum absolute atomic E-state index is 0.00919. The molecule has 0 bridgehead atoms. The highest BCUT2D eigenvalue weighted by atomic mass is 16.3. The zero-order valence-corrected chi connectivity index (χ0v) is 10.8. The van der Waals surface area contributed by atoms with Crippen LogP contribution in [0.3, 0.4) is 0 Å². The van der Waals surface area contributed by atoms with Gasteiger partial charge in [0.25, 0.3) is 5.91 Å². The molecule has 1 fully saturated rings. The van der Waals surface area contributed by atoms with Crippen molar-refractivity contribution in [1.29, 1.82) is 0 Å². The lowest BCUT2D eigenvalue weighted by Gasteiger charge is -2.24. The third-order valence-corrected chi connectivity index (χ3v) is 4.00. The topological polar surface area (TPSA) is 69.2 Å². The average Bonchev–Trinajstić information content (AvgIpc) is 3.01. The van der Waals surface area contributed by atoms with Crippen LogP contribution in [-0.2, 0) is 0 Å². The lowest BCUT2D eigenvalue weighted by molar-refractivity contribution is 0.0644. The van der Waals surface area contributed by atoms with E-state index in [9.17, 15) is 9.90 Å². The van der Waals surface area contributed by atoms with E-state index in [1.165, 1.54) is 0 Å². The second kappa shape index (κ2) is 4.66. The average molecular weight is 259 g/mol. The normalized spacial score (nSPS) is 23.2. The number of aliphatic hydroxyl groups is 1. The van der Waals surface area contributed by atoms with Crippen LogP contribution in [0, 0.1) is 5.92 Å². The Bertz CT molecular complexity index is 608. The molecule has 1 aromatic heterocycles. The van der Waals surface area contributed by atoms with Crippen LogP contribution >= 0.6 is 0 Å². The van der Waals surface area contributed by atoms with Crippen molar-refractivity contribution < 1.29 is 9.90 Å². The first kappa shape index (κ1) is 12.2. The summed E-state index contributed by atoms with van der Waals surface area (Å²) in [6.07, 6.45) is 0.930. The minimum Gasteiger partial charge on any atom is -0.394 e. The van der Waals surface area contributed by atoms with Gasteiger partial charge in [-0.2, -0.15) is 5.10 Å². The van der Waals surface area contributed by atoms with Crippen molar-refractivity contribution in [1.82, 2.24) is 15.1 Å². The predicted octanol–water partition coefficient (Wildman–Crippen LogP) is 1.41. The fourth-order valence-electron chi connectivity index (χ4n) is 2.80. The first-order chi connectivity index (χ1) is 9.22. The highest BCUT2D eigenvalue weighted by molar-refractivity contribution is 6.04. The number of likely N-dealkylation sites (tertiary alicyclic amines) is 1. The summed E-state index contributed by atoms with van der Waals surface area (Å²) in [5.41, 5.74) is 1.31. The molecular weight excluding hydrogens is 242 g/mol. The Morgan fingerprint density at radius 2 is 2.32 bits per heavy atom. The number of hydrogen-bond donors (Lipinski definition) is 2. The van der Waals surface area contributed by atoms with Crippen molar-refractivity contribution in [2.75, 3.05) is 13.2 Å². The molecule has 2 atom stereocenters. The van der Waals surface area contributed by atoms with Crippen LogP contribution in [0.25, 0.3) is 10.9 Å². The van der Waals surface area contributed by atoms with Gasteiger partial charge in [0, 0.05) is 11.9 Å². The largest absolute Gasteiger partial charge is 0.394 e. The lowest BCUT2D eigenvalue weighted by atomic mass is 10.0. The summed E-state index contributed by atoms with van der Waals surface area (Å²) in [5, 5.41) is 17.3. The summed E-state index contributed by atoms with van der Waals surface area (Å²) in [6, 6.07) is 7.49. The van der Waals surface area contributed by atoms with Crippen LogP contribution in [0.15, 0.2) is 24.3 Å². The molecule has 1 aliphatic rings. The van der Waals surface area contributed by atoms with Crippen molar-refractivity contribution >= 4 is 16.8 Å². The quantitative estimate of drug-likeness (QED) is 0.856. The van der Waals surface area contributed by atoms with Gasteiger partial charge in [-0.15, -0.1) is 0 Å². The van der Waals surface area contributed by atoms with Crippen LogP contribution in [0.4, 0.5) is 0 Å². The Morgan fingerprint density at radius 1 is 1.53 bits per heavy atom. The fraction of sp³-hybridized carbons (Fsp3) is 0.429. The molecule has 3 rings (SSSR count). The number of benzene rings is 1. The van der Waals surface area contributed by atoms with Crippen LogP contribution in [0.5, 0.6) is 0 Å². The molecule has 1 saturated heterocycles. The van der Waals surface area contributed by atoms with Crippen molar-refractivity contribution in [3.63, 3.8) is 0 Å². The van der Waals surface area contributed by atoms with Crippen molar-refractivity contribution in [3.8, 4) is 0 Å². The Morgan fingerprint density at radius 3 is 3.11 bits per heavy atom. The van der Waals surface area contributed by atoms with E-state index in [-0.39, 0.29) is 18.6 Å². The Labute approximate surface area is 111 Å². The molecule has 0 spiro atoms. The van der Waals surface area contributed by atoms with Crippen LogP contribution in [0.1, 0.15) is 23.8 Å². The standard InChI is InChI=1S/C14H17N3O2/c1-9-6-7-17(12(9)8-18)14(19)13-10-4-2-3-5-11(10)15-16-13/h2-5,9,12,18H,6-8H2,1H3,(H,15,16). The highest BCUT2D eigenvalue weighted by Gasteiger charge is 2.35. The zero-order chi connectivity index (χ0) is 13.4. The Kier molecular flexibility index (Phi) is 2.98. The van der Waals surface area contributed by atoms with Crippen LogP contribution in [-0.4, -0.2) is 45.3 Å². The molecular formula is C14H17N3O2. The number of aromatic nitrogens is 2. The second-order valence-corrected chi connectivity index (χ2v) is 5.13. The van der Waals surface area contributed by atoms with Crippen LogP contribution in [0.2, 0.25) is 0 Å². The number of nitrogens with zero attached hydrogens (tertiary/aromatic N) is 2. The summed E-state index contributed by atoms with van der Waals surface area (Å²) in [7, 11) is 0. The number of carbonyl (C=O) groups is 1. The third-order valence-electron chi connectivity index (χ3n) is 4.00. The molecule has 2 heterocycles. The molecule has 5 heteroatoms. The maximum absolute atomic E-state index is 12.6. The number of H-pyrrole nitrogens is 1. The number of fused-ring (bicyclic) bond motifs is 1. The number of amides is 1.